The van der Waals surface area contributed by atoms with Gasteiger partial charge in [0.2, 0.25) is 0 Å². The molecular formula is C20H26O6. The Balaban J connectivity index is 1.93. The van der Waals surface area contributed by atoms with Gasteiger partial charge in [0.1, 0.15) is 12.2 Å². The number of carbonyl (C=O) groups excluding carboxylic acids is 2. The van der Waals surface area contributed by atoms with Gasteiger partial charge in [-0.2, -0.15) is 0 Å². The van der Waals surface area contributed by atoms with Gasteiger partial charge in [0.05, 0.1) is 18.1 Å². The van der Waals surface area contributed by atoms with Gasteiger partial charge in [-0.05, 0) is 40.2 Å². The molecule has 3 rings (SSSR count). The van der Waals surface area contributed by atoms with Crippen LogP contribution >= 0.6 is 0 Å². The van der Waals surface area contributed by atoms with Gasteiger partial charge in [0, 0.05) is 12.0 Å². The maximum absolute atomic E-state index is 12.6. The van der Waals surface area contributed by atoms with E-state index in [9.17, 15) is 14.7 Å². The predicted octanol–water partition coefficient (Wildman–Crippen LogP) is 2.22. The van der Waals surface area contributed by atoms with Gasteiger partial charge in [-0.25, -0.2) is 9.59 Å². The number of esters is 2. The molecule has 6 unspecified atom stereocenters. The van der Waals surface area contributed by atoms with Gasteiger partial charge in [-0.3, -0.25) is 0 Å². The Morgan fingerprint density at radius 2 is 1.92 bits per heavy atom. The molecule has 6 nitrogen and oxygen atoms in total. The van der Waals surface area contributed by atoms with E-state index in [1.807, 2.05) is 26.8 Å². The highest BCUT2D eigenvalue weighted by molar-refractivity contribution is 5.91. The monoisotopic (exact) mass is 362 g/mol. The summed E-state index contributed by atoms with van der Waals surface area (Å²) in [5.74, 6) is -1.39. The molecule has 2 aliphatic heterocycles. The second kappa shape index (κ2) is 6.67. The fourth-order valence-electron chi connectivity index (χ4n) is 3.68. The zero-order valence-corrected chi connectivity index (χ0v) is 15.7. The van der Waals surface area contributed by atoms with Crippen molar-refractivity contribution in [2.24, 2.45) is 5.92 Å². The molecule has 142 valence electrons. The average molecular weight is 362 g/mol. The SMILES string of the molecule is C=C1C(=O)OC2C=C(C)CC(O)/C=C(/C)CC(OC(=O)C3(C)OC3C)C12. The van der Waals surface area contributed by atoms with Crippen molar-refractivity contribution in [2.75, 3.05) is 0 Å². The fourth-order valence-corrected chi connectivity index (χ4v) is 3.68. The van der Waals surface area contributed by atoms with Crippen molar-refractivity contribution in [3.05, 3.63) is 35.5 Å². The number of carbonyl (C=O) groups is 2. The van der Waals surface area contributed by atoms with E-state index >= 15 is 0 Å². The number of rotatable bonds is 2. The van der Waals surface area contributed by atoms with E-state index in [0.717, 1.165) is 11.1 Å². The van der Waals surface area contributed by atoms with Crippen LogP contribution in [0.3, 0.4) is 0 Å². The first-order chi connectivity index (χ1) is 12.1. The van der Waals surface area contributed by atoms with Crippen LogP contribution in [0, 0.1) is 5.92 Å². The van der Waals surface area contributed by atoms with E-state index in [0.29, 0.717) is 18.4 Å². The lowest BCUT2D eigenvalue weighted by Crippen LogP contribution is -2.37. The molecule has 0 aromatic rings. The van der Waals surface area contributed by atoms with Crippen molar-refractivity contribution in [2.45, 2.75) is 70.6 Å². The molecule has 3 aliphatic rings. The maximum atomic E-state index is 12.6. The largest absolute Gasteiger partial charge is 0.459 e. The Kier molecular flexibility index (Phi) is 4.84. The molecule has 0 aromatic heterocycles. The second-order valence-electron chi connectivity index (χ2n) is 7.73. The number of ether oxygens (including phenoxy) is 3. The Hall–Kier alpha value is -1.92. The summed E-state index contributed by atoms with van der Waals surface area (Å²) in [4.78, 5) is 24.7. The molecule has 6 heteroatoms. The molecule has 1 N–H and O–H groups in total. The highest BCUT2D eigenvalue weighted by Crippen LogP contribution is 2.40. The predicted molar refractivity (Wildman–Crippen MR) is 94.1 cm³/mol. The minimum Gasteiger partial charge on any atom is -0.459 e. The third-order valence-electron chi connectivity index (χ3n) is 5.45. The van der Waals surface area contributed by atoms with Gasteiger partial charge in [-0.1, -0.05) is 23.8 Å². The van der Waals surface area contributed by atoms with E-state index in [4.69, 9.17) is 14.2 Å². The summed E-state index contributed by atoms with van der Waals surface area (Å²) >= 11 is 0. The summed E-state index contributed by atoms with van der Waals surface area (Å²) in [5, 5.41) is 10.2. The smallest absolute Gasteiger partial charge is 0.341 e. The van der Waals surface area contributed by atoms with Gasteiger partial charge < -0.3 is 19.3 Å². The zero-order valence-electron chi connectivity index (χ0n) is 15.7. The number of fused-ring (bicyclic) bond motifs is 1. The summed E-state index contributed by atoms with van der Waals surface area (Å²) in [6.07, 6.45) is 2.41. The molecule has 2 saturated heterocycles. The van der Waals surface area contributed by atoms with Gasteiger partial charge in [0.15, 0.2) is 5.60 Å². The molecule has 6 atom stereocenters. The molecule has 26 heavy (non-hydrogen) atoms. The van der Waals surface area contributed by atoms with Gasteiger partial charge in [-0.15, -0.1) is 0 Å². The molecule has 0 radical (unpaired) electrons. The van der Waals surface area contributed by atoms with Crippen LogP contribution in [0.5, 0.6) is 0 Å². The number of hydrogen-bond acceptors (Lipinski definition) is 6. The minimum atomic E-state index is -0.946. The van der Waals surface area contributed by atoms with Crippen LogP contribution in [0.2, 0.25) is 0 Å². The van der Waals surface area contributed by atoms with Gasteiger partial charge in [0.25, 0.3) is 0 Å². The molecule has 0 saturated carbocycles. The third-order valence-corrected chi connectivity index (χ3v) is 5.45. The molecule has 2 fully saturated rings. The first-order valence-electron chi connectivity index (χ1n) is 8.93. The average Bonchev–Trinajstić information content (AvgIpc) is 3.04. The van der Waals surface area contributed by atoms with Crippen molar-refractivity contribution >= 4 is 11.9 Å². The van der Waals surface area contributed by atoms with Crippen molar-refractivity contribution in [1.82, 2.24) is 0 Å². The van der Waals surface area contributed by atoms with Crippen molar-refractivity contribution in [1.29, 1.82) is 0 Å². The highest BCUT2D eigenvalue weighted by Gasteiger charge is 2.58. The summed E-state index contributed by atoms with van der Waals surface area (Å²) in [6, 6.07) is 0. The molecule has 0 aromatic carbocycles. The number of aliphatic hydroxyl groups excluding tert-OH is 1. The Labute approximate surface area is 153 Å². The van der Waals surface area contributed by atoms with E-state index in [1.54, 1.807) is 13.0 Å². The van der Waals surface area contributed by atoms with E-state index < -0.39 is 41.8 Å². The standard InChI is InChI=1S/C20H26O6/c1-10-6-14(21)7-11(2)9-16(25-19(23)20(5)13(4)26-20)17-12(3)18(22)24-15(17)8-10/h7-8,13-17,21H,3,6,9H2,1-2,4-5H3/b10-8?,11-7-. The topological polar surface area (TPSA) is 85.4 Å². The Morgan fingerprint density at radius 3 is 2.54 bits per heavy atom. The molecule has 0 amide bonds. The van der Waals surface area contributed by atoms with Crippen molar-refractivity contribution in [3.63, 3.8) is 0 Å². The lowest BCUT2D eigenvalue weighted by molar-refractivity contribution is -0.157. The van der Waals surface area contributed by atoms with E-state index in [-0.39, 0.29) is 6.10 Å². The summed E-state index contributed by atoms with van der Waals surface area (Å²) in [6.45, 7) is 11.1. The summed E-state index contributed by atoms with van der Waals surface area (Å²) < 4.78 is 16.6. The van der Waals surface area contributed by atoms with Crippen molar-refractivity contribution in [3.8, 4) is 0 Å². The summed E-state index contributed by atoms with van der Waals surface area (Å²) in [5.41, 5.74) is 1.14. The van der Waals surface area contributed by atoms with Crippen molar-refractivity contribution < 1.29 is 28.9 Å². The Morgan fingerprint density at radius 1 is 1.31 bits per heavy atom. The molecular weight excluding hydrogens is 336 g/mol. The van der Waals surface area contributed by atoms with Crippen LogP contribution in [0.1, 0.15) is 40.5 Å². The lowest BCUT2D eigenvalue weighted by atomic mass is 9.85. The molecule has 0 bridgehead atoms. The second-order valence-corrected chi connectivity index (χ2v) is 7.73. The fraction of sp³-hybridized carbons (Fsp3) is 0.600. The number of hydrogen-bond donors (Lipinski definition) is 1. The Bertz CT molecular complexity index is 705. The highest BCUT2D eigenvalue weighted by atomic mass is 16.7. The van der Waals surface area contributed by atoms with Crippen LogP contribution in [0.25, 0.3) is 0 Å². The maximum Gasteiger partial charge on any atom is 0.341 e. The number of aliphatic hydroxyl groups is 1. The van der Waals surface area contributed by atoms with Crippen LogP contribution in [-0.2, 0) is 23.8 Å². The quantitative estimate of drug-likeness (QED) is 0.351. The molecule has 1 aliphatic carbocycles. The molecule has 0 spiro atoms. The summed E-state index contributed by atoms with van der Waals surface area (Å²) in [7, 11) is 0. The van der Waals surface area contributed by atoms with E-state index in [2.05, 4.69) is 6.58 Å². The minimum absolute atomic E-state index is 0.199. The normalized spacial score (nSPS) is 42.1. The van der Waals surface area contributed by atoms with E-state index in [1.165, 1.54) is 0 Å². The first-order valence-corrected chi connectivity index (χ1v) is 8.93. The lowest BCUT2D eigenvalue weighted by Gasteiger charge is -2.28. The van der Waals surface area contributed by atoms with Crippen LogP contribution in [-0.4, -0.2) is 47.1 Å². The first kappa shape index (κ1) is 18.9. The molecule has 2 heterocycles. The van der Waals surface area contributed by atoms with Crippen LogP contribution in [0.15, 0.2) is 35.5 Å². The number of epoxide rings is 1. The van der Waals surface area contributed by atoms with Gasteiger partial charge >= 0.3 is 11.9 Å². The zero-order chi connectivity index (χ0) is 19.2. The van der Waals surface area contributed by atoms with Crippen LogP contribution in [0.4, 0.5) is 0 Å². The third kappa shape index (κ3) is 3.48. The van der Waals surface area contributed by atoms with Crippen LogP contribution < -0.4 is 0 Å².